The van der Waals surface area contributed by atoms with Gasteiger partial charge in [0.2, 0.25) is 5.88 Å². The van der Waals surface area contributed by atoms with Crippen LogP contribution in [0.25, 0.3) is 6.08 Å². The second-order valence-electron chi connectivity index (χ2n) is 5.29. The Morgan fingerprint density at radius 1 is 1.22 bits per heavy atom. The molecule has 116 valence electrons. The number of aliphatic hydroxyl groups is 1. The van der Waals surface area contributed by atoms with E-state index >= 15 is 0 Å². The number of fused-ring (bicyclic) bond motifs is 3. The molecule has 0 spiro atoms. The van der Waals surface area contributed by atoms with Crippen LogP contribution in [0.15, 0.2) is 53.7 Å². The van der Waals surface area contributed by atoms with Crippen LogP contribution in [-0.4, -0.2) is 10.1 Å². The summed E-state index contributed by atoms with van der Waals surface area (Å²) in [5.74, 6) is -0.406. The number of aliphatic hydroxyl groups excluding tert-OH is 1. The van der Waals surface area contributed by atoms with Crippen LogP contribution in [0.5, 0.6) is 0 Å². The van der Waals surface area contributed by atoms with Crippen LogP contribution in [0, 0.1) is 5.82 Å². The average Bonchev–Trinajstić information content (AvgIpc) is 2.86. The van der Waals surface area contributed by atoms with Crippen molar-refractivity contribution in [2.75, 3.05) is 10.0 Å². The van der Waals surface area contributed by atoms with Gasteiger partial charge in [-0.15, -0.1) is 5.53 Å². The molecule has 7 heteroatoms. The summed E-state index contributed by atoms with van der Waals surface area (Å²) in [6.07, 6.45) is 3.36. The van der Waals surface area contributed by atoms with Crippen molar-refractivity contribution in [1.82, 2.24) is 10.5 Å². The summed E-state index contributed by atoms with van der Waals surface area (Å²) in [6.45, 7) is 1.86. The SMILES string of the molecule is CC1=Cc2cccc(F)c2N2NN(c3ccc(Cl)nc3)C(O)=C12. The van der Waals surface area contributed by atoms with Crippen molar-refractivity contribution in [2.24, 2.45) is 0 Å². The summed E-state index contributed by atoms with van der Waals surface area (Å²) < 4.78 is 14.3. The van der Waals surface area contributed by atoms with Crippen LogP contribution in [0.3, 0.4) is 0 Å². The van der Waals surface area contributed by atoms with Crippen molar-refractivity contribution in [3.05, 3.63) is 70.2 Å². The number of benzene rings is 1. The van der Waals surface area contributed by atoms with Crippen molar-refractivity contribution in [3.63, 3.8) is 0 Å². The van der Waals surface area contributed by atoms with Crippen LogP contribution in [0.4, 0.5) is 15.8 Å². The normalized spacial score (nSPS) is 16.4. The number of rotatable bonds is 1. The Balaban J connectivity index is 1.84. The van der Waals surface area contributed by atoms with Crippen molar-refractivity contribution < 1.29 is 9.50 Å². The summed E-state index contributed by atoms with van der Waals surface area (Å²) in [7, 11) is 0. The fourth-order valence-corrected chi connectivity index (χ4v) is 2.90. The van der Waals surface area contributed by atoms with E-state index < -0.39 is 0 Å². The predicted octanol–water partition coefficient (Wildman–Crippen LogP) is 3.76. The van der Waals surface area contributed by atoms with Gasteiger partial charge in [0, 0.05) is 5.56 Å². The molecule has 0 aliphatic carbocycles. The minimum Gasteiger partial charge on any atom is -0.492 e. The summed E-state index contributed by atoms with van der Waals surface area (Å²) >= 11 is 5.79. The van der Waals surface area contributed by atoms with Gasteiger partial charge in [0.05, 0.1) is 11.9 Å². The predicted molar refractivity (Wildman–Crippen MR) is 87.0 cm³/mol. The highest BCUT2D eigenvalue weighted by Gasteiger charge is 2.36. The lowest BCUT2D eigenvalue weighted by molar-refractivity contribution is 0.388. The molecule has 2 aliphatic rings. The van der Waals surface area contributed by atoms with Crippen LogP contribution < -0.4 is 15.6 Å². The number of aromatic nitrogens is 1. The summed E-state index contributed by atoms with van der Waals surface area (Å²) in [5.41, 5.74) is 5.99. The second-order valence-corrected chi connectivity index (χ2v) is 5.67. The molecular weight excluding hydrogens is 319 g/mol. The minimum atomic E-state index is -0.375. The Morgan fingerprint density at radius 3 is 2.78 bits per heavy atom. The maximum absolute atomic E-state index is 14.3. The van der Waals surface area contributed by atoms with Gasteiger partial charge in [-0.3, -0.25) is 0 Å². The molecule has 2 N–H and O–H groups in total. The number of nitrogens with zero attached hydrogens (tertiary/aromatic N) is 3. The van der Waals surface area contributed by atoms with Gasteiger partial charge in [-0.2, -0.15) is 0 Å². The molecule has 0 radical (unpaired) electrons. The van der Waals surface area contributed by atoms with Crippen LogP contribution in [0.1, 0.15) is 12.5 Å². The molecule has 3 heterocycles. The summed E-state index contributed by atoms with van der Waals surface area (Å²) in [6, 6.07) is 8.19. The van der Waals surface area contributed by atoms with Crippen LogP contribution in [0.2, 0.25) is 5.15 Å². The van der Waals surface area contributed by atoms with Gasteiger partial charge in [0.1, 0.15) is 22.4 Å². The van der Waals surface area contributed by atoms with Crippen LogP contribution >= 0.6 is 11.6 Å². The average molecular weight is 331 g/mol. The first kappa shape index (κ1) is 14.0. The van der Waals surface area contributed by atoms with Gasteiger partial charge in [0.25, 0.3) is 0 Å². The van der Waals surface area contributed by atoms with Crippen molar-refractivity contribution in [3.8, 4) is 0 Å². The third-order valence-electron chi connectivity index (χ3n) is 3.80. The van der Waals surface area contributed by atoms with Gasteiger partial charge in [0.15, 0.2) is 0 Å². The Kier molecular flexibility index (Phi) is 3.04. The molecule has 0 bridgehead atoms. The van der Waals surface area contributed by atoms with E-state index in [1.54, 1.807) is 18.2 Å². The third kappa shape index (κ3) is 2.07. The van der Waals surface area contributed by atoms with Crippen molar-refractivity contribution in [1.29, 1.82) is 0 Å². The fourth-order valence-electron chi connectivity index (χ4n) is 2.78. The lowest BCUT2D eigenvalue weighted by Gasteiger charge is -2.28. The van der Waals surface area contributed by atoms with E-state index in [0.29, 0.717) is 22.2 Å². The molecule has 4 rings (SSSR count). The van der Waals surface area contributed by atoms with Crippen molar-refractivity contribution >= 4 is 29.1 Å². The highest BCUT2D eigenvalue weighted by atomic mass is 35.5. The van der Waals surface area contributed by atoms with E-state index in [1.165, 1.54) is 22.3 Å². The van der Waals surface area contributed by atoms with E-state index in [1.807, 2.05) is 19.1 Å². The van der Waals surface area contributed by atoms with Gasteiger partial charge in [-0.25, -0.2) is 19.4 Å². The number of allylic oxidation sites excluding steroid dienone is 1. The molecular formula is C16H12ClFN4O. The first-order valence-corrected chi connectivity index (χ1v) is 7.32. The number of hydrazine groups is 2. The molecule has 5 nitrogen and oxygen atoms in total. The Bertz CT molecular complexity index is 863. The Hall–Kier alpha value is -2.57. The molecule has 1 aromatic carbocycles. The lowest BCUT2D eigenvalue weighted by Crippen LogP contribution is -2.43. The third-order valence-corrected chi connectivity index (χ3v) is 4.03. The van der Waals surface area contributed by atoms with E-state index in [0.717, 1.165) is 11.1 Å². The summed E-state index contributed by atoms with van der Waals surface area (Å²) in [4.78, 5) is 4.00. The number of hydrogen-bond donors (Lipinski definition) is 2. The van der Waals surface area contributed by atoms with E-state index in [9.17, 15) is 9.50 Å². The van der Waals surface area contributed by atoms with Gasteiger partial charge in [-0.1, -0.05) is 23.7 Å². The molecule has 0 amide bonds. The molecule has 0 unspecified atom stereocenters. The van der Waals surface area contributed by atoms with Crippen LogP contribution in [-0.2, 0) is 0 Å². The zero-order valence-corrected chi connectivity index (χ0v) is 12.8. The molecule has 0 fully saturated rings. The quantitative estimate of drug-likeness (QED) is 0.780. The highest BCUT2D eigenvalue weighted by Crippen LogP contribution is 2.40. The molecule has 0 saturated carbocycles. The molecule has 2 aliphatic heterocycles. The van der Waals surface area contributed by atoms with E-state index in [2.05, 4.69) is 10.5 Å². The standard InChI is InChI=1S/C16H12ClFN4O/c1-9-7-10-3-2-4-12(18)15(10)22-14(9)16(23)21(20-22)11-5-6-13(17)19-8-11/h2-8,20,23H,1H3. The van der Waals surface area contributed by atoms with Gasteiger partial charge < -0.3 is 5.11 Å². The maximum atomic E-state index is 14.3. The number of para-hydroxylation sites is 1. The molecule has 2 aromatic rings. The van der Waals surface area contributed by atoms with Gasteiger partial charge in [-0.05, 0) is 36.8 Å². The van der Waals surface area contributed by atoms with Crippen molar-refractivity contribution in [2.45, 2.75) is 6.92 Å². The molecule has 23 heavy (non-hydrogen) atoms. The Morgan fingerprint density at radius 2 is 2.04 bits per heavy atom. The molecule has 1 aromatic heterocycles. The maximum Gasteiger partial charge on any atom is 0.234 e. The monoisotopic (exact) mass is 330 g/mol. The van der Waals surface area contributed by atoms with Gasteiger partial charge >= 0.3 is 0 Å². The highest BCUT2D eigenvalue weighted by molar-refractivity contribution is 6.29. The first-order chi connectivity index (χ1) is 11.1. The topological polar surface area (TPSA) is 51.6 Å². The summed E-state index contributed by atoms with van der Waals surface area (Å²) in [5, 5.41) is 13.9. The molecule has 0 atom stereocenters. The zero-order valence-electron chi connectivity index (χ0n) is 12.1. The Labute approximate surface area is 136 Å². The number of nitrogens with one attached hydrogen (secondary N) is 1. The largest absolute Gasteiger partial charge is 0.492 e. The lowest BCUT2D eigenvalue weighted by atomic mass is 10.0. The molecule has 0 saturated heterocycles. The fraction of sp³-hybridized carbons (Fsp3) is 0.0625. The minimum absolute atomic E-state index is 0.0308. The van der Waals surface area contributed by atoms with E-state index in [-0.39, 0.29) is 11.7 Å². The first-order valence-electron chi connectivity index (χ1n) is 6.95. The number of hydrogen-bond acceptors (Lipinski definition) is 5. The number of pyridine rings is 1. The second kappa shape index (κ2) is 4.97. The van der Waals surface area contributed by atoms with E-state index in [4.69, 9.17) is 11.6 Å². The number of anilines is 2. The zero-order chi connectivity index (χ0) is 16.1. The number of halogens is 2. The smallest absolute Gasteiger partial charge is 0.234 e.